The molecule has 0 unspecified atom stereocenters. The van der Waals surface area contributed by atoms with Gasteiger partial charge in [0, 0.05) is 22.3 Å². The summed E-state index contributed by atoms with van der Waals surface area (Å²) in [6, 6.07) is 13.1. The van der Waals surface area contributed by atoms with E-state index in [1.54, 1.807) is 11.3 Å². The Morgan fingerprint density at radius 3 is 2.56 bits per heavy atom. The third-order valence-electron chi connectivity index (χ3n) is 2.90. The van der Waals surface area contributed by atoms with Gasteiger partial charge in [0.2, 0.25) is 0 Å². The molecule has 0 saturated carbocycles. The Labute approximate surface area is 112 Å². The van der Waals surface area contributed by atoms with Gasteiger partial charge in [0.05, 0.1) is 6.61 Å². The summed E-state index contributed by atoms with van der Waals surface area (Å²) in [5.74, 6) is 0. The smallest absolute Gasteiger partial charge is 0.0582 e. The van der Waals surface area contributed by atoms with E-state index in [-0.39, 0.29) is 12.6 Å². The lowest BCUT2D eigenvalue weighted by atomic mass is 10.1. The molecule has 1 aromatic carbocycles. The van der Waals surface area contributed by atoms with E-state index < -0.39 is 0 Å². The van der Waals surface area contributed by atoms with Crippen LogP contribution in [0.5, 0.6) is 0 Å². The number of aliphatic hydroxyl groups is 1. The Bertz CT molecular complexity index is 489. The van der Waals surface area contributed by atoms with E-state index in [9.17, 15) is 0 Å². The van der Waals surface area contributed by atoms with Crippen LogP contribution in [0.15, 0.2) is 36.4 Å². The van der Waals surface area contributed by atoms with Gasteiger partial charge in [-0.3, -0.25) is 0 Å². The first-order chi connectivity index (χ1) is 8.69. The first-order valence-electron chi connectivity index (χ1n) is 6.19. The number of aryl methyl sites for hydroxylation is 1. The van der Waals surface area contributed by atoms with Crippen molar-refractivity contribution in [2.45, 2.75) is 26.4 Å². The molecule has 3 heteroatoms. The zero-order valence-corrected chi connectivity index (χ0v) is 11.6. The molecule has 96 valence electrons. The van der Waals surface area contributed by atoms with Gasteiger partial charge in [-0.1, -0.05) is 29.8 Å². The number of aliphatic hydroxyl groups excluding tert-OH is 1. The second kappa shape index (κ2) is 6.14. The third kappa shape index (κ3) is 3.42. The molecule has 0 aliphatic carbocycles. The maximum atomic E-state index is 8.96. The minimum Gasteiger partial charge on any atom is -0.395 e. The number of rotatable bonds is 5. The molecule has 0 fully saturated rings. The normalized spacial score (nSPS) is 12.6. The largest absolute Gasteiger partial charge is 0.395 e. The molecule has 0 spiro atoms. The van der Waals surface area contributed by atoms with Crippen molar-refractivity contribution in [2.75, 3.05) is 6.61 Å². The second-order valence-corrected chi connectivity index (χ2v) is 5.76. The second-order valence-electron chi connectivity index (χ2n) is 4.60. The van der Waals surface area contributed by atoms with Gasteiger partial charge >= 0.3 is 0 Å². The Morgan fingerprint density at radius 2 is 1.89 bits per heavy atom. The molecule has 0 saturated heterocycles. The number of hydrogen-bond donors (Lipinski definition) is 2. The highest BCUT2D eigenvalue weighted by molar-refractivity contribution is 7.15. The molecule has 2 N–H and O–H groups in total. The lowest BCUT2D eigenvalue weighted by Crippen LogP contribution is -2.28. The van der Waals surface area contributed by atoms with Crippen LogP contribution in [0, 0.1) is 6.92 Å². The molecule has 1 atom stereocenters. The molecule has 18 heavy (non-hydrogen) atoms. The Hall–Kier alpha value is -1.16. The molecule has 2 nitrogen and oxygen atoms in total. The van der Waals surface area contributed by atoms with E-state index in [4.69, 9.17) is 5.11 Å². The Kier molecular flexibility index (Phi) is 4.53. The molecule has 1 heterocycles. The average molecular weight is 261 g/mol. The minimum atomic E-state index is 0.148. The summed E-state index contributed by atoms with van der Waals surface area (Å²) in [6.45, 7) is 5.08. The van der Waals surface area contributed by atoms with Crippen LogP contribution in [-0.4, -0.2) is 17.8 Å². The van der Waals surface area contributed by atoms with Gasteiger partial charge in [-0.25, -0.2) is 0 Å². The predicted molar refractivity (Wildman–Crippen MR) is 77.9 cm³/mol. The van der Waals surface area contributed by atoms with Crippen molar-refractivity contribution < 1.29 is 5.11 Å². The maximum absolute atomic E-state index is 8.96. The Balaban J connectivity index is 2.03. The number of hydrogen-bond acceptors (Lipinski definition) is 3. The standard InChI is InChI=1S/C15H19NOS/c1-11-3-5-13(6-4-11)15-8-7-14(18-15)9-16-12(2)10-17/h3-8,12,16-17H,9-10H2,1-2H3/t12-/m1/s1. The highest BCUT2D eigenvalue weighted by Gasteiger charge is 2.04. The fourth-order valence-corrected chi connectivity index (χ4v) is 2.65. The van der Waals surface area contributed by atoms with Crippen molar-refractivity contribution in [3.8, 4) is 10.4 Å². The van der Waals surface area contributed by atoms with Crippen LogP contribution in [-0.2, 0) is 6.54 Å². The van der Waals surface area contributed by atoms with E-state index in [2.05, 4.69) is 48.6 Å². The topological polar surface area (TPSA) is 32.3 Å². The van der Waals surface area contributed by atoms with Gasteiger partial charge in [0.25, 0.3) is 0 Å². The van der Waals surface area contributed by atoms with Crippen LogP contribution in [0.25, 0.3) is 10.4 Å². The molecular formula is C15H19NOS. The lowest BCUT2D eigenvalue weighted by Gasteiger charge is -2.08. The summed E-state index contributed by atoms with van der Waals surface area (Å²) in [6.07, 6.45) is 0. The van der Waals surface area contributed by atoms with Crippen LogP contribution in [0.4, 0.5) is 0 Å². The monoisotopic (exact) mass is 261 g/mol. The first kappa shape index (κ1) is 13.3. The van der Waals surface area contributed by atoms with Crippen LogP contribution in [0.1, 0.15) is 17.4 Å². The first-order valence-corrected chi connectivity index (χ1v) is 7.00. The van der Waals surface area contributed by atoms with Crippen molar-refractivity contribution in [3.05, 3.63) is 46.8 Å². The van der Waals surface area contributed by atoms with E-state index in [1.165, 1.54) is 20.9 Å². The zero-order valence-electron chi connectivity index (χ0n) is 10.8. The summed E-state index contributed by atoms with van der Waals surface area (Å²) in [7, 11) is 0. The third-order valence-corrected chi connectivity index (χ3v) is 4.03. The van der Waals surface area contributed by atoms with Crippen LogP contribution >= 0.6 is 11.3 Å². The number of nitrogens with one attached hydrogen (secondary N) is 1. The average Bonchev–Trinajstić information content (AvgIpc) is 2.85. The zero-order chi connectivity index (χ0) is 13.0. The van der Waals surface area contributed by atoms with Gasteiger partial charge in [0.15, 0.2) is 0 Å². The van der Waals surface area contributed by atoms with Crippen LogP contribution < -0.4 is 5.32 Å². The Morgan fingerprint density at radius 1 is 1.17 bits per heavy atom. The van der Waals surface area contributed by atoms with Gasteiger partial charge in [-0.15, -0.1) is 11.3 Å². The lowest BCUT2D eigenvalue weighted by molar-refractivity contribution is 0.251. The minimum absolute atomic E-state index is 0.148. The highest BCUT2D eigenvalue weighted by Crippen LogP contribution is 2.28. The molecule has 1 aromatic heterocycles. The van der Waals surface area contributed by atoms with E-state index in [0.717, 1.165) is 6.54 Å². The fraction of sp³-hybridized carbons (Fsp3) is 0.333. The molecule has 0 aliphatic rings. The summed E-state index contributed by atoms with van der Waals surface area (Å²) in [4.78, 5) is 2.59. The van der Waals surface area contributed by atoms with E-state index >= 15 is 0 Å². The van der Waals surface area contributed by atoms with Gasteiger partial charge < -0.3 is 10.4 Å². The molecule has 2 rings (SSSR count). The van der Waals surface area contributed by atoms with Crippen LogP contribution in [0.3, 0.4) is 0 Å². The highest BCUT2D eigenvalue weighted by atomic mass is 32.1. The molecule has 0 aliphatic heterocycles. The summed E-state index contributed by atoms with van der Waals surface area (Å²) < 4.78 is 0. The van der Waals surface area contributed by atoms with Crippen molar-refractivity contribution in [3.63, 3.8) is 0 Å². The predicted octanol–water partition coefficient (Wildman–Crippen LogP) is 3.19. The quantitative estimate of drug-likeness (QED) is 0.866. The number of thiophene rings is 1. The maximum Gasteiger partial charge on any atom is 0.0582 e. The summed E-state index contributed by atoms with van der Waals surface area (Å²) >= 11 is 1.80. The molecule has 2 aromatic rings. The number of benzene rings is 1. The van der Waals surface area contributed by atoms with Gasteiger partial charge in [0.1, 0.15) is 0 Å². The molecule has 0 radical (unpaired) electrons. The fourth-order valence-electron chi connectivity index (χ4n) is 1.69. The van der Waals surface area contributed by atoms with Crippen molar-refractivity contribution in [1.82, 2.24) is 5.32 Å². The van der Waals surface area contributed by atoms with E-state index in [1.807, 2.05) is 6.92 Å². The summed E-state index contributed by atoms with van der Waals surface area (Å²) in [5.41, 5.74) is 2.56. The van der Waals surface area contributed by atoms with Crippen molar-refractivity contribution >= 4 is 11.3 Å². The van der Waals surface area contributed by atoms with E-state index in [0.29, 0.717) is 0 Å². The van der Waals surface area contributed by atoms with Gasteiger partial charge in [-0.2, -0.15) is 0 Å². The van der Waals surface area contributed by atoms with Gasteiger partial charge in [-0.05, 0) is 31.5 Å². The molecule has 0 bridgehead atoms. The molecule has 0 amide bonds. The summed E-state index contributed by atoms with van der Waals surface area (Å²) in [5, 5.41) is 12.2. The van der Waals surface area contributed by atoms with Crippen LogP contribution in [0.2, 0.25) is 0 Å². The molecular weight excluding hydrogens is 242 g/mol. The van der Waals surface area contributed by atoms with Crippen molar-refractivity contribution in [1.29, 1.82) is 0 Å². The van der Waals surface area contributed by atoms with Crippen molar-refractivity contribution in [2.24, 2.45) is 0 Å². The SMILES string of the molecule is Cc1ccc(-c2ccc(CN[C@H](C)CO)s2)cc1.